The highest BCUT2D eigenvalue weighted by Crippen LogP contribution is 2.33. The predicted octanol–water partition coefficient (Wildman–Crippen LogP) is 6.25. The Kier molecular flexibility index (Phi) is 6.30. The van der Waals surface area contributed by atoms with Gasteiger partial charge in [0.25, 0.3) is 0 Å². The second-order valence-electron chi connectivity index (χ2n) is 7.13. The van der Waals surface area contributed by atoms with Gasteiger partial charge in [0.1, 0.15) is 0 Å². The SMILES string of the molecule is CCCc1ccc(C#Cc2ccc(C#CC3=C(F)C(F)C(C)(F)C=C3)cc2)cc1. The lowest BCUT2D eigenvalue weighted by molar-refractivity contribution is 0.117. The van der Waals surface area contributed by atoms with Crippen LogP contribution in [-0.4, -0.2) is 11.8 Å². The number of benzene rings is 2. The summed E-state index contributed by atoms with van der Waals surface area (Å²) in [6, 6.07) is 15.4. The van der Waals surface area contributed by atoms with Gasteiger partial charge in [-0.2, -0.15) is 0 Å². The average molecular weight is 390 g/mol. The molecular formula is C26H21F3. The van der Waals surface area contributed by atoms with Gasteiger partial charge in [-0.05, 0) is 67.5 Å². The monoisotopic (exact) mass is 390 g/mol. The van der Waals surface area contributed by atoms with Gasteiger partial charge in [0, 0.05) is 16.7 Å². The molecule has 0 heterocycles. The predicted molar refractivity (Wildman–Crippen MR) is 111 cm³/mol. The molecule has 0 saturated carbocycles. The molecule has 0 amide bonds. The number of halogens is 3. The molecule has 29 heavy (non-hydrogen) atoms. The molecule has 0 spiro atoms. The summed E-state index contributed by atoms with van der Waals surface area (Å²) >= 11 is 0. The topological polar surface area (TPSA) is 0 Å². The Bertz CT molecular complexity index is 1050. The highest BCUT2D eigenvalue weighted by Gasteiger charge is 2.39. The minimum absolute atomic E-state index is 0.136. The van der Waals surface area contributed by atoms with Crippen molar-refractivity contribution in [3.8, 4) is 23.7 Å². The van der Waals surface area contributed by atoms with E-state index in [1.807, 2.05) is 24.3 Å². The summed E-state index contributed by atoms with van der Waals surface area (Å²) in [5, 5.41) is 0. The van der Waals surface area contributed by atoms with Gasteiger partial charge in [-0.25, -0.2) is 13.2 Å². The van der Waals surface area contributed by atoms with E-state index in [1.165, 1.54) is 11.6 Å². The standard InChI is InChI=1S/C26H21F3/c1-3-4-19-5-7-20(8-6-19)9-10-21-11-13-22(14-12-21)15-16-23-17-18-26(2,29)25(28)24(23)27/h5-8,11-14,17-18,25H,3-4H2,1-2H3. The Balaban J connectivity index is 1.70. The normalized spacial score (nSPS) is 20.5. The molecule has 0 saturated heterocycles. The van der Waals surface area contributed by atoms with Crippen molar-refractivity contribution < 1.29 is 13.2 Å². The summed E-state index contributed by atoms with van der Waals surface area (Å²) in [5.74, 6) is 10.4. The summed E-state index contributed by atoms with van der Waals surface area (Å²) in [6.45, 7) is 3.15. The van der Waals surface area contributed by atoms with Crippen molar-refractivity contribution in [2.24, 2.45) is 0 Å². The molecule has 0 bridgehead atoms. The fraction of sp³-hybridized carbons (Fsp3) is 0.231. The number of aryl methyl sites for hydroxylation is 1. The van der Waals surface area contributed by atoms with Crippen LogP contribution in [-0.2, 0) is 6.42 Å². The second kappa shape index (κ2) is 8.89. The number of hydrogen-bond acceptors (Lipinski definition) is 0. The van der Waals surface area contributed by atoms with Gasteiger partial charge >= 0.3 is 0 Å². The Morgan fingerprint density at radius 2 is 1.34 bits per heavy atom. The molecule has 1 aliphatic rings. The molecule has 2 aromatic rings. The van der Waals surface area contributed by atoms with Crippen molar-refractivity contribution in [1.29, 1.82) is 0 Å². The van der Waals surface area contributed by atoms with E-state index in [0.717, 1.165) is 37.0 Å². The third-order valence-electron chi connectivity index (χ3n) is 4.62. The van der Waals surface area contributed by atoms with Crippen LogP contribution in [0.2, 0.25) is 0 Å². The summed E-state index contributed by atoms with van der Waals surface area (Å²) in [6.07, 6.45) is 2.03. The summed E-state index contributed by atoms with van der Waals surface area (Å²) in [7, 11) is 0. The molecule has 3 rings (SSSR count). The van der Waals surface area contributed by atoms with E-state index in [-0.39, 0.29) is 5.57 Å². The lowest BCUT2D eigenvalue weighted by atomic mass is 9.93. The van der Waals surface area contributed by atoms with Crippen LogP contribution in [0.25, 0.3) is 0 Å². The Morgan fingerprint density at radius 1 is 0.862 bits per heavy atom. The fourth-order valence-electron chi connectivity index (χ4n) is 2.86. The highest BCUT2D eigenvalue weighted by molar-refractivity contribution is 5.51. The van der Waals surface area contributed by atoms with Crippen LogP contribution in [0.5, 0.6) is 0 Å². The van der Waals surface area contributed by atoms with Crippen molar-refractivity contribution in [2.45, 2.75) is 38.5 Å². The molecule has 0 nitrogen and oxygen atoms in total. The number of hydrogen-bond donors (Lipinski definition) is 0. The zero-order valence-electron chi connectivity index (χ0n) is 16.4. The van der Waals surface area contributed by atoms with Gasteiger partial charge < -0.3 is 0 Å². The maximum atomic E-state index is 13.9. The van der Waals surface area contributed by atoms with Gasteiger partial charge in [-0.15, -0.1) is 0 Å². The van der Waals surface area contributed by atoms with E-state index >= 15 is 0 Å². The third kappa shape index (κ3) is 5.21. The average Bonchev–Trinajstić information content (AvgIpc) is 2.72. The molecule has 0 radical (unpaired) electrons. The van der Waals surface area contributed by atoms with Gasteiger partial charge in [0.2, 0.25) is 0 Å². The zero-order chi connectivity index (χ0) is 20.9. The molecule has 0 aliphatic heterocycles. The van der Waals surface area contributed by atoms with E-state index in [0.29, 0.717) is 5.56 Å². The van der Waals surface area contributed by atoms with Crippen molar-refractivity contribution in [1.82, 2.24) is 0 Å². The molecule has 1 aliphatic carbocycles. The Morgan fingerprint density at radius 3 is 1.86 bits per heavy atom. The molecule has 2 unspecified atom stereocenters. The Labute approximate surface area is 170 Å². The lowest BCUT2D eigenvalue weighted by Gasteiger charge is -2.23. The third-order valence-corrected chi connectivity index (χ3v) is 4.62. The molecule has 2 aromatic carbocycles. The largest absolute Gasteiger partial charge is 0.236 e. The second-order valence-corrected chi connectivity index (χ2v) is 7.13. The summed E-state index contributed by atoms with van der Waals surface area (Å²) < 4.78 is 41.4. The van der Waals surface area contributed by atoms with E-state index in [4.69, 9.17) is 0 Å². The lowest BCUT2D eigenvalue weighted by Crippen LogP contribution is -2.32. The van der Waals surface area contributed by atoms with Crippen molar-refractivity contribution >= 4 is 0 Å². The zero-order valence-corrected chi connectivity index (χ0v) is 16.4. The van der Waals surface area contributed by atoms with E-state index in [1.54, 1.807) is 12.1 Å². The van der Waals surface area contributed by atoms with Gasteiger partial charge in [-0.1, -0.05) is 49.2 Å². The number of alkyl halides is 2. The van der Waals surface area contributed by atoms with Crippen LogP contribution < -0.4 is 0 Å². The smallest absolute Gasteiger partial charge is 0.190 e. The molecular weight excluding hydrogens is 369 g/mol. The molecule has 0 N–H and O–H groups in total. The molecule has 0 fully saturated rings. The van der Waals surface area contributed by atoms with Crippen molar-refractivity contribution in [2.75, 3.05) is 0 Å². The van der Waals surface area contributed by atoms with Crippen LogP contribution in [0.4, 0.5) is 13.2 Å². The molecule has 3 heteroatoms. The van der Waals surface area contributed by atoms with E-state index in [9.17, 15) is 13.2 Å². The fourth-order valence-corrected chi connectivity index (χ4v) is 2.86. The van der Waals surface area contributed by atoms with Crippen LogP contribution in [0.1, 0.15) is 42.5 Å². The van der Waals surface area contributed by atoms with Crippen LogP contribution >= 0.6 is 0 Å². The first-order chi connectivity index (χ1) is 13.9. The first kappa shape index (κ1) is 20.6. The summed E-state index contributed by atoms with van der Waals surface area (Å²) in [4.78, 5) is 0. The number of rotatable bonds is 2. The van der Waals surface area contributed by atoms with Crippen LogP contribution in [0.15, 0.2) is 72.1 Å². The van der Waals surface area contributed by atoms with Gasteiger partial charge in [0.15, 0.2) is 17.7 Å². The van der Waals surface area contributed by atoms with Gasteiger partial charge in [-0.3, -0.25) is 0 Å². The quantitative estimate of drug-likeness (QED) is 0.532. The minimum Gasteiger partial charge on any atom is -0.236 e. The first-order valence-corrected chi connectivity index (χ1v) is 9.54. The first-order valence-electron chi connectivity index (χ1n) is 9.54. The van der Waals surface area contributed by atoms with Crippen molar-refractivity contribution in [3.63, 3.8) is 0 Å². The van der Waals surface area contributed by atoms with Gasteiger partial charge in [0.05, 0.1) is 5.57 Å². The van der Waals surface area contributed by atoms with Crippen LogP contribution in [0, 0.1) is 23.7 Å². The van der Waals surface area contributed by atoms with Crippen LogP contribution in [0.3, 0.4) is 0 Å². The Hall–Kier alpha value is -3.17. The summed E-state index contributed by atoms with van der Waals surface area (Å²) in [5.41, 5.74) is 1.23. The maximum Gasteiger partial charge on any atom is 0.190 e. The molecule has 0 aromatic heterocycles. The van der Waals surface area contributed by atoms with Crippen molar-refractivity contribution in [3.05, 3.63) is 94.3 Å². The number of allylic oxidation sites excluding steroid dienone is 4. The highest BCUT2D eigenvalue weighted by atomic mass is 19.2. The molecule has 2 atom stereocenters. The minimum atomic E-state index is -2.34. The van der Waals surface area contributed by atoms with E-state index in [2.05, 4.69) is 42.7 Å². The molecule has 146 valence electrons. The maximum absolute atomic E-state index is 13.9. The van der Waals surface area contributed by atoms with E-state index < -0.39 is 17.7 Å².